The van der Waals surface area contributed by atoms with Crippen LogP contribution >= 0.6 is 46.8 Å². The van der Waals surface area contributed by atoms with E-state index < -0.39 is 11.8 Å². The summed E-state index contributed by atoms with van der Waals surface area (Å²) in [6, 6.07) is 8.13. The lowest BCUT2D eigenvalue weighted by molar-refractivity contribution is 0.0950. The van der Waals surface area contributed by atoms with Gasteiger partial charge < -0.3 is 15.5 Å². The van der Waals surface area contributed by atoms with Crippen LogP contribution in [0.4, 0.5) is 5.00 Å². The molecule has 4 N–H and O–H groups in total. The molecular weight excluding hydrogens is 465 g/mol. The predicted octanol–water partition coefficient (Wildman–Crippen LogP) is 5.03. The first kappa shape index (κ1) is 20.9. The minimum absolute atomic E-state index is 0.0462. The molecule has 2 heterocycles. The lowest BCUT2D eigenvalue weighted by atomic mass is 10.1. The van der Waals surface area contributed by atoms with Crippen molar-refractivity contribution in [3.63, 3.8) is 0 Å². The molecule has 1 aliphatic carbocycles. The van der Waals surface area contributed by atoms with E-state index in [1.165, 1.54) is 17.4 Å². The van der Waals surface area contributed by atoms with Crippen molar-refractivity contribution in [3.05, 3.63) is 62.1 Å². The fourth-order valence-electron chi connectivity index (χ4n) is 3.35. The molecule has 0 saturated heterocycles. The topological polar surface area (TPSA) is 97.4 Å². The molecule has 4 rings (SSSR count). The van der Waals surface area contributed by atoms with Gasteiger partial charge in [0.25, 0.3) is 11.8 Å². The number of anilines is 1. The van der Waals surface area contributed by atoms with E-state index in [9.17, 15) is 9.59 Å². The van der Waals surface area contributed by atoms with E-state index in [0.717, 1.165) is 29.7 Å². The van der Waals surface area contributed by atoms with E-state index in [1.54, 1.807) is 24.3 Å². The minimum atomic E-state index is -0.534. The fourth-order valence-corrected chi connectivity index (χ4v) is 5.41. The molecule has 0 radical (unpaired) electrons. The summed E-state index contributed by atoms with van der Waals surface area (Å²) in [5, 5.41) is 6.97. The maximum Gasteiger partial charge on any atom is 0.293 e. The first-order valence-corrected chi connectivity index (χ1v) is 10.9. The molecule has 2 amide bonds. The Hall–Kier alpha value is -2.39. The Morgan fingerprint density at radius 2 is 1.97 bits per heavy atom. The number of nitrogens with one attached hydrogen (secondary N) is 2. The number of carbonyl (C=O) groups is 2. The summed E-state index contributed by atoms with van der Waals surface area (Å²) in [5.41, 5.74) is 7.57. The van der Waals surface area contributed by atoms with Crippen molar-refractivity contribution < 1.29 is 14.0 Å². The van der Waals surface area contributed by atoms with E-state index in [2.05, 4.69) is 10.6 Å². The molecule has 0 bridgehead atoms. The van der Waals surface area contributed by atoms with Gasteiger partial charge in [0.2, 0.25) is 0 Å². The molecule has 0 fully saturated rings. The molecule has 0 aliphatic heterocycles. The van der Waals surface area contributed by atoms with Crippen LogP contribution in [0.5, 0.6) is 0 Å². The van der Waals surface area contributed by atoms with Crippen molar-refractivity contribution in [3.8, 4) is 11.3 Å². The molecule has 30 heavy (non-hydrogen) atoms. The number of furan rings is 1. The second kappa shape index (κ2) is 8.39. The molecular formula is C20H15Cl2N3O3S2. The lowest BCUT2D eigenvalue weighted by Gasteiger charge is -2.09. The highest BCUT2D eigenvalue weighted by atomic mass is 35.5. The van der Waals surface area contributed by atoms with Gasteiger partial charge in [-0.15, -0.1) is 11.3 Å². The number of carbonyl (C=O) groups excluding carboxylic acids is 2. The molecule has 0 spiro atoms. The van der Waals surface area contributed by atoms with E-state index in [4.69, 9.17) is 45.6 Å². The zero-order chi connectivity index (χ0) is 21.4. The van der Waals surface area contributed by atoms with Crippen molar-refractivity contribution in [2.45, 2.75) is 19.3 Å². The second-order valence-electron chi connectivity index (χ2n) is 6.62. The molecule has 3 aromatic rings. The van der Waals surface area contributed by atoms with Gasteiger partial charge in [0.05, 0.1) is 10.6 Å². The number of benzene rings is 1. The molecule has 0 saturated carbocycles. The second-order valence-corrected chi connectivity index (χ2v) is 8.98. The van der Waals surface area contributed by atoms with Gasteiger partial charge in [-0.05, 0) is 67.4 Å². The number of primary amides is 1. The number of thiophene rings is 1. The smallest absolute Gasteiger partial charge is 0.293 e. The van der Waals surface area contributed by atoms with Crippen LogP contribution in [0.15, 0.2) is 34.7 Å². The maximum atomic E-state index is 12.5. The Morgan fingerprint density at radius 3 is 2.70 bits per heavy atom. The minimum Gasteiger partial charge on any atom is -0.451 e. The molecule has 10 heteroatoms. The largest absolute Gasteiger partial charge is 0.451 e. The maximum absolute atomic E-state index is 12.5. The predicted molar refractivity (Wildman–Crippen MR) is 123 cm³/mol. The van der Waals surface area contributed by atoms with E-state index >= 15 is 0 Å². The van der Waals surface area contributed by atoms with Crippen LogP contribution < -0.4 is 16.4 Å². The molecule has 154 valence electrons. The molecule has 6 nitrogen and oxygen atoms in total. The quantitative estimate of drug-likeness (QED) is 0.455. The first-order valence-electron chi connectivity index (χ1n) is 8.95. The summed E-state index contributed by atoms with van der Waals surface area (Å²) >= 11 is 18.8. The Bertz CT molecular complexity index is 1190. The molecule has 0 unspecified atom stereocenters. The number of nitrogens with two attached hydrogens (primary N) is 1. The number of rotatable bonds is 4. The first-order chi connectivity index (χ1) is 14.3. The molecule has 2 aromatic heterocycles. The van der Waals surface area contributed by atoms with Gasteiger partial charge >= 0.3 is 0 Å². The van der Waals surface area contributed by atoms with Crippen LogP contribution in [-0.2, 0) is 12.8 Å². The van der Waals surface area contributed by atoms with Crippen LogP contribution in [0.3, 0.4) is 0 Å². The number of hydrogen-bond donors (Lipinski definition) is 3. The highest BCUT2D eigenvalue weighted by Crippen LogP contribution is 2.38. The van der Waals surface area contributed by atoms with E-state index in [-0.39, 0.29) is 10.9 Å². The number of aryl methyl sites for hydroxylation is 1. The van der Waals surface area contributed by atoms with Crippen molar-refractivity contribution in [2.24, 2.45) is 5.73 Å². The Morgan fingerprint density at radius 1 is 1.17 bits per heavy atom. The monoisotopic (exact) mass is 479 g/mol. The molecule has 1 aliphatic rings. The summed E-state index contributed by atoms with van der Waals surface area (Å²) in [6.07, 6.45) is 2.72. The van der Waals surface area contributed by atoms with Crippen molar-refractivity contribution in [1.82, 2.24) is 5.32 Å². The average Bonchev–Trinajstić information content (AvgIpc) is 3.36. The summed E-state index contributed by atoms with van der Waals surface area (Å²) < 4.78 is 5.62. The highest BCUT2D eigenvalue weighted by molar-refractivity contribution is 7.80. The van der Waals surface area contributed by atoms with Crippen LogP contribution in [-0.4, -0.2) is 16.9 Å². The molecule has 1 aromatic carbocycles. The van der Waals surface area contributed by atoms with E-state index in [1.807, 2.05) is 0 Å². The number of amides is 2. The van der Waals surface area contributed by atoms with Crippen LogP contribution in [0, 0.1) is 0 Å². The van der Waals surface area contributed by atoms with Crippen LogP contribution in [0.25, 0.3) is 11.3 Å². The SMILES string of the molecule is NC(=O)c1c(NC(=S)NC(=O)c2ccc(-c3ccc(Cl)cc3Cl)o2)sc2c1CCC2. The van der Waals surface area contributed by atoms with Gasteiger partial charge in [0.15, 0.2) is 10.9 Å². The van der Waals surface area contributed by atoms with E-state index in [0.29, 0.717) is 31.9 Å². The summed E-state index contributed by atoms with van der Waals surface area (Å²) in [4.78, 5) is 25.5. The Labute approximate surface area is 191 Å². The summed E-state index contributed by atoms with van der Waals surface area (Å²) in [6.45, 7) is 0. The van der Waals surface area contributed by atoms with Gasteiger partial charge in [0.1, 0.15) is 10.8 Å². The van der Waals surface area contributed by atoms with Gasteiger partial charge in [-0.25, -0.2) is 0 Å². The lowest BCUT2D eigenvalue weighted by Crippen LogP contribution is -2.34. The number of hydrogen-bond acceptors (Lipinski definition) is 5. The third kappa shape index (κ3) is 4.09. The molecule has 0 atom stereocenters. The Balaban J connectivity index is 1.47. The van der Waals surface area contributed by atoms with Crippen molar-refractivity contribution >= 4 is 68.7 Å². The third-order valence-electron chi connectivity index (χ3n) is 4.65. The standard InChI is InChI=1S/C20H15Cl2N3O3S2/c21-9-4-5-10(12(22)8-9)13-6-7-14(28-13)18(27)24-20(29)25-19-16(17(23)26)11-2-1-3-15(11)30-19/h4-8H,1-3H2,(H2,23,26)(H2,24,25,27,29). The van der Waals surface area contributed by atoms with Gasteiger partial charge in [-0.2, -0.15) is 0 Å². The summed E-state index contributed by atoms with van der Waals surface area (Å²) in [5.74, 6) is -0.564. The summed E-state index contributed by atoms with van der Waals surface area (Å²) in [7, 11) is 0. The van der Waals surface area contributed by atoms with Crippen molar-refractivity contribution in [2.75, 3.05) is 5.32 Å². The fraction of sp³-hybridized carbons (Fsp3) is 0.150. The normalized spacial score (nSPS) is 12.5. The number of thiocarbonyl (C=S) groups is 1. The Kier molecular flexibility index (Phi) is 5.84. The van der Waals surface area contributed by atoms with Crippen molar-refractivity contribution in [1.29, 1.82) is 0 Å². The zero-order valence-corrected chi connectivity index (χ0v) is 18.5. The van der Waals surface area contributed by atoms with Gasteiger partial charge in [-0.1, -0.05) is 23.2 Å². The van der Waals surface area contributed by atoms with Crippen LogP contribution in [0.1, 0.15) is 37.8 Å². The van der Waals surface area contributed by atoms with Gasteiger partial charge in [0, 0.05) is 15.5 Å². The number of fused-ring (bicyclic) bond motifs is 1. The number of halogens is 2. The zero-order valence-electron chi connectivity index (χ0n) is 15.4. The average molecular weight is 480 g/mol. The highest BCUT2D eigenvalue weighted by Gasteiger charge is 2.26. The van der Waals surface area contributed by atoms with Gasteiger partial charge in [-0.3, -0.25) is 14.9 Å². The third-order valence-corrected chi connectivity index (χ3v) is 6.61. The van der Waals surface area contributed by atoms with Crippen LogP contribution in [0.2, 0.25) is 10.0 Å².